The number of benzene rings is 1. The monoisotopic (exact) mass is 392 g/mol. The van der Waals surface area contributed by atoms with Crippen LogP contribution in [0.15, 0.2) is 24.3 Å². The predicted octanol–water partition coefficient (Wildman–Crippen LogP) is 2.87. The summed E-state index contributed by atoms with van der Waals surface area (Å²) in [6, 6.07) is 6.77. The van der Waals surface area contributed by atoms with Crippen LogP contribution in [0.25, 0.3) is 0 Å². The molecule has 1 heterocycles. The van der Waals surface area contributed by atoms with E-state index >= 15 is 0 Å². The summed E-state index contributed by atoms with van der Waals surface area (Å²) in [6.45, 7) is 8.13. The summed E-state index contributed by atoms with van der Waals surface area (Å²) in [4.78, 5) is 37.7. The number of carbonyl (C=O) groups is 3. The number of carbonyl (C=O) groups excluding carboxylic acids is 2. The highest BCUT2D eigenvalue weighted by Crippen LogP contribution is 2.26. The van der Waals surface area contributed by atoms with Crippen molar-refractivity contribution in [1.82, 2.24) is 10.2 Å². The topological polar surface area (TPSA) is 86.7 Å². The van der Waals surface area contributed by atoms with Gasteiger partial charge in [-0.1, -0.05) is 32.9 Å². The first-order valence-electron chi connectivity index (χ1n) is 9.11. The molecule has 2 atom stereocenters. The van der Waals surface area contributed by atoms with E-state index in [0.29, 0.717) is 23.6 Å². The van der Waals surface area contributed by atoms with Crippen LogP contribution in [0.1, 0.15) is 56.5 Å². The van der Waals surface area contributed by atoms with Gasteiger partial charge in [0.15, 0.2) is 0 Å². The Balaban J connectivity index is 2.03. The molecule has 2 rings (SSSR count). The van der Waals surface area contributed by atoms with E-state index in [1.807, 2.05) is 24.3 Å². The largest absolute Gasteiger partial charge is 0.481 e. The van der Waals surface area contributed by atoms with Crippen molar-refractivity contribution >= 4 is 29.5 Å². The van der Waals surface area contributed by atoms with Crippen LogP contribution >= 0.6 is 11.8 Å². The number of rotatable bonds is 6. The standard InChI is InChI=1S/C20H28N2O4S/c1-13(5-10-17(23)24)21-18(25)16-11-27-12-22(16)19(26)14-6-8-15(9-7-14)20(2,3)4/h6-9,13,16H,5,10-12H2,1-4H3,(H,21,25)(H,23,24). The lowest BCUT2D eigenvalue weighted by Crippen LogP contribution is -2.49. The van der Waals surface area contributed by atoms with Crippen LogP contribution in [0.3, 0.4) is 0 Å². The molecule has 1 saturated heterocycles. The molecule has 148 valence electrons. The molecule has 1 aliphatic heterocycles. The maximum atomic E-state index is 12.9. The Bertz CT molecular complexity index is 697. The van der Waals surface area contributed by atoms with E-state index in [4.69, 9.17) is 5.11 Å². The summed E-state index contributed by atoms with van der Waals surface area (Å²) in [5.74, 6) is -0.246. The zero-order valence-corrected chi connectivity index (χ0v) is 17.1. The maximum Gasteiger partial charge on any atom is 0.303 e. The van der Waals surface area contributed by atoms with Crippen molar-refractivity contribution in [3.63, 3.8) is 0 Å². The predicted molar refractivity (Wildman–Crippen MR) is 107 cm³/mol. The van der Waals surface area contributed by atoms with Gasteiger partial charge in [0.05, 0.1) is 5.88 Å². The molecule has 2 amide bonds. The van der Waals surface area contributed by atoms with Crippen LogP contribution in [0, 0.1) is 0 Å². The second-order valence-corrected chi connectivity index (χ2v) is 8.96. The van der Waals surface area contributed by atoms with Gasteiger partial charge < -0.3 is 15.3 Å². The summed E-state index contributed by atoms with van der Waals surface area (Å²) in [6.07, 6.45) is 0.368. The van der Waals surface area contributed by atoms with Crippen molar-refractivity contribution in [3.8, 4) is 0 Å². The molecule has 0 radical (unpaired) electrons. The molecule has 0 saturated carbocycles. The second kappa shape index (κ2) is 8.78. The summed E-state index contributed by atoms with van der Waals surface area (Å²) < 4.78 is 0. The van der Waals surface area contributed by atoms with Gasteiger partial charge in [-0.2, -0.15) is 0 Å². The first kappa shape index (κ1) is 21.3. The molecule has 1 fully saturated rings. The number of nitrogens with zero attached hydrogens (tertiary/aromatic N) is 1. The van der Waals surface area contributed by atoms with Crippen molar-refractivity contribution in [2.45, 2.75) is 58.0 Å². The average Bonchev–Trinajstić information content (AvgIpc) is 3.08. The van der Waals surface area contributed by atoms with Crippen LogP contribution < -0.4 is 5.32 Å². The average molecular weight is 393 g/mol. The van der Waals surface area contributed by atoms with Gasteiger partial charge in [0, 0.05) is 23.8 Å². The molecule has 0 aliphatic carbocycles. The zero-order valence-electron chi connectivity index (χ0n) is 16.3. The molecule has 0 bridgehead atoms. The fourth-order valence-electron chi connectivity index (χ4n) is 2.89. The normalized spacial score (nSPS) is 18.2. The highest BCUT2D eigenvalue weighted by Gasteiger charge is 2.35. The number of nitrogens with one attached hydrogen (secondary N) is 1. The van der Waals surface area contributed by atoms with E-state index in [1.165, 1.54) is 0 Å². The summed E-state index contributed by atoms with van der Waals surface area (Å²) in [7, 11) is 0. The Labute approximate surface area is 164 Å². The summed E-state index contributed by atoms with van der Waals surface area (Å²) in [5.41, 5.74) is 1.73. The quantitative estimate of drug-likeness (QED) is 0.777. The third kappa shape index (κ3) is 5.73. The molecular weight excluding hydrogens is 364 g/mol. The zero-order chi connectivity index (χ0) is 20.2. The van der Waals surface area contributed by atoms with Gasteiger partial charge in [0.2, 0.25) is 5.91 Å². The van der Waals surface area contributed by atoms with Crippen LogP contribution in [-0.2, 0) is 15.0 Å². The van der Waals surface area contributed by atoms with Crippen LogP contribution in [-0.4, -0.2) is 51.5 Å². The first-order valence-corrected chi connectivity index (χ1v) is 10.3. The van der Waals surface area contributed by atoms with E-state index in [2.05, 4.69) is 26.1 Å². The molecule has 7 heteroatoms. The Kier molecular flexibility index (Phi) is 6.92. The molecule has 0 spiro atoms. The molecule has 2 N–H and O–H groups in total. The molecule has 1 aliphatic rings. The van der Waals surface area contributed by atoms with Gasteiger partial charge in [-0.3, -0.25) is 14.4 Å². The molecule has 6 nitrogen and oxygen atoms in total. The van der Waals surface area contributed by atoms with Crippen molar-refractivity contribution < 1.29 is 19.5 Å². The van der Waals surface area contributed by atoms with E-state index in [-0.39, 0.29) is 29.7 Å². The Morgan fingerprint density at radius 1 is 1.26 bits per heavy atom. The third-order valence-corrected chi connectivity index (χ3v) is 5.64. The number of carboxylic acid groups (broad SMARTS) is 1. The number of aliphatic carboxylic acids is 1. The third-order valence-electron chi connectivity index (χ3n) is 4.62. The smallest absolute Gasteiger partial charge is 0.303 e. The minimum absolute atomic E-state index is 0.00360. The molecule has 1 aromatic rings. The van der Waals surface area contributed by atoms with Gasteiger partial charge >= 0.3 is 5.97 Å². The van der Waals surface area contributed by atoms with Crippen molar-refractivity contribution in [3.05, 3.63) is 35.4 Å². The van der Waals surface area contributed by atoms with Crippen LogP contribution in [0.2, 0.25) is 0 Å². The fraction of sp³-hybridized carbons (Fsp3) is 0.550. The maximum absolute atomic E-state index is 12.9. The molecule has 2 unspecified atom stereocenters. The van der Waals surface area contributed by atoms with E-state index < -0.39 is 12.0 Å². The highest BCUT2D eigenvalue weighted by atomic mass is 32.2. The molecule has 27 heavy (non-hydrogen) atoms. The van der Waals surface area contributed by atoms with Gasteiger partial charge in [-0.05, 0) is 36.5 Å². The lowest BCUT2D eigenvalue weighted by molar-refractivity contribution is -0.137. The van der Waals surface area contributed by atoms with Crippen LogP contribution in [0.4, 0.5) is 0 Å². The summed E-state index contributed by atoms with van der Waals surface area (Å²) >= 11 is 1.54. The Morgan fingerprint density at radius 3 is 2.44 bits per heavy atom. The fourth-order valence-corrected chi connectivity index (χ4v) is 4.04. The summed E-state index contributed by atoms with van der Waals surface area (Å²) in [5, 5.41) is 11.6. The molecular formula is C20H28N2O4S. The number of amides is 2. The van der Waals surface area contributed by atoms with Gasteiger partial charge in [-0.15, -0.1) is 11.8 Å². The van der Waals surface area contributed by atoms with Crippen molar-refractivity contribution in [2.75, 3.05) is 11.6 Å². The van der Waals surface area contributed by atoms with Crippen LogP contribution in [0.5, 0.6) is 0 Å². The first-order chi connectivity index (χ1) is 12.6. The van der Waals surface area contributed by atoms with Gasteiger partial charge in [0.25, 0.3) is 5.91 Å². The van der Waals surface area contributed by atoms with Gasteiger partial charge in [-0.25, -0.2) is 0 Å². The Morgan fingerprint density at radius 2 is 1.89 bits per heavy atom. The van der Waals surface area contributed by atoms with Gasteiger partial charge in [0.1, 0.15) is 6.04 Å². The highest BCUT2D eigenvalue weighted by molar-refractivity contribution is 7.99. The number of thioether (sulfide) groups is 1. The molecule has 1 aromatic carbocycles. The minimum atomic E-state index is -0.886. The number of hydrogen-bond donors (Lipinski definition) is 2. The number of carboxylic acids is 1. The minimum Gasteiger partial charge on any atom is -0.481 e. The lowest BCUT2D eigenvalue weighted by Gasteiger charge is -2.25. The van der Waals surface area contributed by atoms with Crippen molar-refractivity contribution in [2.24, 2.45) is 0 Å². The second-order valence-electron chi connectivity index (χ2n) is 7.96. The van der Waals surface area contributed by atoms with E-state index in [1.54, 1.807) is 23.6 Å². The SMILES string of the molecule is CC(CCC(=O)O)NC(=O)C1CSCN1C(=O)c1ccc(C(C)(C)C)cc1. The molecule has 0 aromatic heterocycles. The lowest BCUT2D eigenvalue weighted by atomic mass is 9.86. The van der Waals surface area contributed by atoms with E-state index in [9.17, 15) is 14.4 Å². The Hall–Kier alpha value is -2.02. The van der Waals surface area contributed by atoms with E-state index in [0.717, 1.165) is 5.56 Å². The number of hydrogen-bond acceptors (Lipinski definition) is 4. The van der Waals surface area contributed by atoms with Crippen molar-refractivity contribution in [1.29, 1.82) is 0 Å².